The maximum absolute atomic E-state index is 13.1. The highest BCUT2D eigenvalue weighted by Gasteiger charge is 2.29. The predicted octanol–water partition coefficient (Wildman–Crippen LogP) is 3.84. The molecule has 0 bridgehead atoms. The Kier molecular flexibility index (Phi) is 7.47. The standard InChI is InChI=1S/C26H28FN3O4S/c1-18(19-2-8-23(27)9-3-19)28-26(31)22-4-10-24(11-5-22)29-35(33,34)25-12-6-20(7-13-25)21-14-16-30(32)17-15-21/h2-3,6-9,12-18,22,24,29H,4-5,10-11H2,1H3,(H,28,31). The Hall–Kier alpha value is -3.30. The lowest BCUT2D eigenvalue weighted by Crippen LogP contribution is -2.41. The van der Waals surface area contributed by atoms with E-state index >= 15 is 0 Å². The smallest absolute Gasteiger partial charge is 0.240 e. The summed E-state index contributed by atoms with van der Waals surface area (Å²) in [6.07, 6.45) is 5.09. The molecule has 0 aliphatic heterocycles. The van der Waals surface area contributed by atoms with Crippen LogP contribution in [-0.4, -0.2) is 20.4 Å². The Labute approximate surface area is 204 Å². The third-order valence-electron chi connectivity index (χ3n) is 6.45. The van der Waals surface area contributed by atoms with E-state index in [4.69, 9.17) is 0 Å². The molecule has 1 atom stereocenters. The van der Waals surface area contributed by atoms with Gasteiger partial charge in [-0.05, 0) is 73.6 Å². The Morgan fingerprint density at radius 1 is 0.943 bits per heavy atom. The van der Waals surface area contributed by atoms with Crippen molar-refractivity contribution in [1.29, 1.82) is 0 Å². The summed E-state index contributed by atoms with van der Waals surface area (Å²) in [6, 6.07) is 15.4. The first-order valence-electron chi connectivity index (χ1n) is 11.6. The van der Waals surface area contributed by atoms with Crippen molar-refractivity contribution in [3.63, 3.8) is 0 Å². The van der Waals surface area contributed by atoms with E-state index in [0.29, 0.717) is 30.4 Å². The van der Waals surface area contributed by atoms with Gasteiger partial charge in [-0.3, -0.25) is 4.79 Å². The predicted molar refractivity (Wildman–Crippen MR) is 130 cm³/mol. The molecule has 1 saturated carbocycles. The molecule has 0 saturated heterocycles. The molecular formula is C26H28FN3O4S. The van der Waals surface area contributed by atoms with E-state index in [-0.39, 0.29) is 34.6 Å². The molecule has 4 rings (SSSR count). The average molecular weight is 498 g/mol. The maximum Gasteiger partial charge on any atom is 0.240 e. The molecule has 1 heterocycles. The molecule has 1 fully saturated rings. The number of amides is 1. The lowest BCUT2D eigenvalue weighted by atomic mass is 9.85. The number of hydrogen-bond donors (Lipinski definition) is 2. The highest BCUT2D eigenvalue weighted by Crippen LogP contribution is 2.27. The summed E-state index contributed by atoms with van der Waals surface area (Å²) in [6.45, 7) is 1.86. The maximum atomic E-state index is 13.1. The summed E-state index contributed by atoms with van der Waals surface area (Å²) in [5.41, 5.74) is 2.46. The van der Waals surface area contributed by atoms with Crippen molar-refractivity contribution in [3.05, 3.63) is 89.6 Å². The SMILES string of the molecule is CC(NC(=O)C1CCC(NS(=O)(=O)c2ccc(-c3cc[n+]([O-])cc3)cc2)CC1)c1ccc(F)cc1. The van der Waals surface area contributed by atoms with Crippen molar-refractivity contribution in [1.82, 2.24) is 10.0 Å². The topological polar surface area (TPSA) is 102 Å². The molecule has 2 N–H and O–H groups in total. The van der Waals surface area contributed by atoms with Crippen molar-refractivity contribution in [2.75, 3.05) is 0 Å². The van der Waals surface area contributed by atoms with Gasteiger partial charge in [-0.15, -0.1) is 0 Å². The van der Waals surface area contributed by atoms with Gasteiger partial charge in [0.05, 0.1) is 10.9 Å². The first-order valence-corrected chi connectivity index (χ1v) is 13.1. The van der Waals surface area contributed by atoms with E-state index in [2.05, 4.69) is 10.0 Å². The molecule has 2 aromatic carbocycles. The largest absolute Gasteiger partial charge is 0.619 e. The monoisotopic (exact) mass is 497 g/mol. The van der Waals surface area contributed by atoms with Crippen LogP contribution in [0.1, 0.15) is 44.2 Å². The molecule has 7 nitrogen and oxygen atoms in total. The molecular weight excluding hydrogens is 469 g/mol. The van der Waals surface area contributed by atoms with Gasteiger partial charge in [0.15, 0.2) is 12.4 Å². The normalized spacial score (nSPS) is 19.1. The molecule has 0 spiro atoms. The molecule has 1 aliphatic carbocycles. The number of pyridine rings is 1. The first kappa shape index (κ1) is 24.8. The molecule has 9 heteroatoms. The van der Waals surface area contributed by atoms with E-state index in [1.807, 2.05) is 6.92 Å². The van der Waals surface area contributed by atoms with E-state index in [9.17, 15) is 22.8 Å². The number of aromatic nitrogens is 1. The number of sulfonamides is 1. The molecule has 35 heavy (non-hydrogen) atoms. The molecule has 184 valence electrons. The van der Waals surface area contributed by atoms with Gasteiger partial charge in [0, 0.05) is 24.1 Å². The van der Waals surface area contributed by atoms with Crippen molar-refractivity contribution in [3.8, 4) is 11.1 Å². The van der Waals surface area contributed by atoms with Crippen LogP contribution < -0.4 is 14.8 Å². The molecule has 0 radical (unpaired) electrons. The number of halogens is 1. The fourth-order valence-corrected chi connectivity index (χ4v) is 5.66. The van der Waals surface area contributed by atoms with Crippen LogP contribution in [0.15, 0.2) is 78.0 Å². The quantitative estimate of drug-likeness (QED) is 0.382. The van der Waals surface area contributed by atoms with E-state index in [1.54, 1.807) is 48.5 Å². The van der Waals surface area contributed by atoms with E-state index < -0.39 is 10.0 Å². The molecule has 1 unspecified atom stereocenters. The summed E-state index contributed by atoms with van der Waals surface area (Å²) < 4.78 is 42.3. The summed E-state index contributed by atoms with van der Waals surface area (Å²) >= 11 is 0. The fourth-order valence-electron chi connectivity index (χ4n) is 4.36. The number of rotatable bonds is 7. The summed E-state index contributed by atoms with van der Waals surface area (Å²) in [5.74, 6) is -0.572. The Balaban J connectivity index is 1.30. The van der Waals surface area contributed by atoms with Gasteiger partial charge >= 0.3 is 0 Å². The average Bonchev–Trinajstić information content (AvgIpc) is 2.85. The minimum atomic E-state index is -3.70. The second-order valence-corrected chi connectivity index (χ2v) is 10.6. The third kappa shape index (κ3) is 6.23. The minimum Gasteiger partial charge on any atom is -0.619 e. The highest BCUT2D eigenvalue weighted by molar-refractivity contribution is 7.89. The van der Waals surface area contributed by atoms with E-state index in [1.165, 1.54) is 24.5 Å². The van der Waals surface area contributed by atoms with Gasteiger partial charge in [0.25, 0.3) is 0 Å². The van der Waals surface area contributed by atoms with Crippen LogP contribution in [0.4, 0.5) is 4.39 Å². The van der Waals surface area contributed by atoms with Gasteiger partial charge in [0.2, 0.25) is 15.9 Å². The van der Waals surface area contributed by atoms with Crippen molar-refractivity contribution < 1.29 is 22.3 Å². The number of benzene rings is 2. The zero-order chi connectivity index (χ0) is 25.0. The highest BCUT2D eigenvalue weighted by atomic mass is 32.2. The zero-order valence-corrected chi connectivity index (χ0v) is 20.2. The zero-order valence-electron chi connectivity index (χ0n) is 19.4. The Morgan fingerprint density at radius 3 is 2.11 bits per heavy atom. The number of hydrogen-bond acceptors (Lipinski definition) is 4. The summed E-state index contributed by atoms with van der Waals surface area (Å²) in [5, 5.41) is 14.2. The molecule has 1 amide bonds. The van der Waals surface area contributed by atoms with Crippen molar-refractivity contribution >= 4 is 15.9 Å². The van der Waals surface area contributed by atoms with Gasteiger partial charge in [-0.1, -0.05) is 24.3 Å². The van der Waals surface area contributed by atoms with Crippen LogP contribution in [0, 0.1) is 16.9 Å². The number of carbonyl (C=O) groups is 1. The van der Waals surface area contributed by atoms with Crippen LogP contribution in [0.2, 0.25) is 0 Å². The Bertz CT molecular complexity index is 1260. The summed E-state index contributed by atoms with van der Waals surface area (Å²) in [4.78, 5) is 12.9. The number of carbonyl (C=O) groups excluding carboxylic acids is 1. The van der Waals surface area contributed by atoms with Gasteiger partial charge in [-0.2, -0.15) is 4.73 Å². The number of nitrogens with one attached hydrogen (secondary N) is 2. The van der Waals surface area contributed by atoms with Crippen LogP contribution in [0.3, 0.4) is 0 Å². The van der Waals surface area contributed by atoms with Gasteiger partial charge in [0.1, 0.15) is 5.82 Å². The fraction of sp³-hybridized carbons (Fsp3) is 0.308. The van der Waals surface area contributed by atoms with Crippen LogP contribution in [0.25, 0.3) is 11.1 Å². The van der Waals surface area contributed by atoms with E-state index in [0.717, 1.165) is 16.7 Å². The van der Waals surface area contributed by atoms with Crippen molar-refractivity contribution in [2.45, 2.75) is 49.6 Å². The van der Waals surface area contributed by atoms with Gasteiger partial charge in [-0.25, -0.2) is 17.5 Å². The molecule has 3 aromatic rings. The molecule has 1 aromatic heterocycles. The van der Waals surface area contributed by atoms with Crippen LogP contribution >= 0.6 is 0 Å². The second-order valence-electron chi connectivity index (χ2n) is 8.92. The second kappa shape index (κ2) is 10.5. The van der Waals surface area contributed by atoms with Crippen LogP contribution in [-0.2, 0) is 14.8 Å². The minimum absolute atomic E-state index is 0.0675. The van der Waals surface area contributed by atoms with Gasteiger partial charge < -0.3 is 10.5 Å². The number of nitrogens with zero attached hydrogens (tertiary/aromatic N) is 1. The summed E-state index contributed by atoms with van der Waals surface area (Å²) in [7, 11) is -3.70. The van der Waals surface area contributed by atoms with Crippen LogP contribution in [0.5, 0.6) is 0 Å². The first-order chi connectivity index (χ1) is 16.7. The van der Waals surface area contributed by atoms with Crippen molar-refractivity contribution in [2.24, 2.45) is 5.92 Å². The third-order valence-corrected chi connectivity index (χ3v) is 7.98. The molecule has 1 aliphatic rings. The lowest BCUT2D eigenvalue weighted by Gasteiger charge is -2.29. The lowest BCUT2D eigenvalue weighted by molar-refractivity contribution is -0.605. The Morgan fingerprint density at radius 2 is 1.51 bits per heavy atom.